The maximum atomic E-state index is 12.2. The number of sulfone groups is 1. The van der Waals surface area contributed by atoms with Gasteiger partial charge in [0.1, 0.15) is 5.54 Å². The number of amides is 1. The van der Waals surface area contributed by atoms with E-state index in [0.717, 1.165) is 6.26 Å². The molecule has 3 N–H and O–H groups in total. The zero-order chi connectivity index (χ0) is 14.8. The SMILES string of the molecule is CS(=O)(=O)c1cccc(NC(=O)C2(N)CCOCC2)c1. The summed E-state index contributed by atoms with van der Waals surface area (Å²) in [4.78, 5) is 12.4. The predicted molar refractivity (Wildman–Crippen MR) is 75.2 cm³/mol. The largest absolute Gasteiger partial charge is 0.381 e. The standard InChI is InChI=1S/C13H18N2O4S/c1-20(17,18)11-4-2-3-10(9-11)15-12(16)13(14)5-7-19-8-6-13/h2-4,9H,5-8,14H2,1H3,(H,15,16). The van der Waals surface area contributed by atoms with E-state index in [-0.39, 0.29) is 10.8 Å². The number of benzene rings is 1. The van der Waals surface area contributed by atoms with E-state index in [1.54, 1.807) is 12.1 Å². The van der Waals surface area contributed by atoms with E-state index >= 15 is 0 Å². The van der Waals surface area contributed by atoms with Crippen molar-refractivity contribution in [2.45, 2.75) is 23.3 Å². The normalized spacial score (nSPS) is 18.5. The van der Waals surface area contributed by atoms with Gasteiger partial charge in [-0.3, -0.25) is 4.79 Å². The number of ether oxygens (including phenoxy) is 1. The Morgan fingerprint density at radius 1 is 1.35 bits per heavy atom. The molecule has 7 heteroatoms. The van der Waals surface area contributed by atoms with Gasteiger partial charge in [-0.15, -0.1) is 0 Å². The van der Waals surface area contributed by atoms with Crippen LogP contribution in [-0.4, -0.2) is 39.3 Å². The van der Waals surface area contributed by atoms with Crippen LogP contribution in [0.1, 0.15) is 12.8 Å². The zero-order valence-corrected chi connectivity index (χ0v) is 12.1. The molecule has 1 aliphatic rings. The van der Waals surface area contributed by atoms with E-state index in [9.17, 15) is 13.2 Å². The molecule has 0 saturated carbocycles. The fourth-order valence-electron chi connectivity index (χ4n) is 2.02. The summed E-state index contributed by atoms with van der Waals surface area (Å²) in [7, 11) is -3.30. The lowest BCUT2D eigenvalue weighted by atomic mass is 9.90. The van der Waals surface area contributed by atoms with Crippen LogP contribution in [0.5, 0.6) is 0 Å². The molecule has 0 radical (unpaired) electrons. The molecule has 0 bridgehead atoms. The number of nitrogens with one attached hydrogen (secondary N) is 1. The average molecular weight is 298 g/mol. The van der Waals surface area contributed by atoms with Gasteiger partial charge in [0, 0.05) is 25.2 Å². The van der Waals surface area contributed by atoms with Crippen LogP contribution in [0.4, 0.5) is 5.69 Å². The van der Waals surface area contributed by atoms with Crippen molar-refractivity contribution < 1.29 is 17.9 Å². The molecule has 1 saturated heterocycles. The minimum atomic E-state index is -3.30. The number of carbonyl (C=O) groups is 1. The third-order valence-corrected chi connectivity index (χ3v) is 4.47. The second kappa shape index (κ2) is 5.51. The van der Waals surface area contributed by atoms with Crippen LogP contribution in [0.15, 0.2) is 29.2 Å². The summed E-state index contributed by atoms with van der Waals surface area (Å²) in [5.74, 6) is -0.313. The first-order valence-corrected chi connectivity index (χ1v) is 8.19. The fraction of sp³-hybridized carbons (Fsp3) is 0.462. The number of anilines is 1. The number of carbonyl (C=O) groups excluding carboxylic acids is 1. The third kappa shape index (κ3) is 3.36. The van der Waals surface area contributed by atoms with Gasteiger partial charge in [0.15, 0.2) is 9.84 Å². The van der Waals surface area contributed by atoms with Crippen LogP contribution in [0.2, 0.25) is 0 Å². The maximum Gasteiger partial charge on any atom is 0.244 e. The summed E-state index contributed by atoms with van der Waals surface area (Å²) in [6.07, 6.45) is 2.02. The van der Waals surface area contributed by atoms with Gasteiger partial charge in [-0.2, -0.15) is 0 Å². The highest BCUT2D eigenvalue weighted by Crippen LogP contribution is 2.21. The molecule has 0 aliphatic carbocycles. The van der Waals surface area contributed by atoms with Gasteiger partial charge in [0.05, 0.1) is 4.90 Å². The average Bonchev–Trinajstić information content (AvgIpc) is 2.39. The van der Waals surface area contributed by atoms with E-state index in [1.165, 1.54) is 12.1 Å². The van der Waals surface area contributed by atoms with Crippen molar-refractivity contribution in [2.75, 3.05) is 24.8 Å². The fourth-order valence-corrected chi connectivity index (χ4v) is 2.69. The van der Waals surface area contributed by atoms with Gasteiger partial charge < -0.3 is 15.8 Å². The maximum absolute atomic E-state index is 12.2. The molecule has 2 rings (SSSR count). The second-order valence-corrected chi connectivity index (χ2v) is 7.04. The minimum absolute atomic E-state index is 0.161. The lowest BCUT2D eigenvalue weighted by Crippen LogP contribution is -2.54. The molecule has 0 atom stereocenters. The first-order valence-electron chi connectivity index (χ1n) is 6.29. The highest BCUT2D eigenvalue weighted by molar-refractivity contribution is 7.90. The molecule has 1 aliphatic heterocycles. The summed E-state index contributed by atoms with van der Waals surface area (Å²) in [5, 5.41) is 2.68. The van der Waals surface area contributed by atoms with Crippen molar-refractivity contribution in [3.63, 3.8) is 0 Å². The molecule has 110 valence electrons. The summed E-state index contributed by atoms with van der Waals surface area (Å²) in [6.45, 7) is 0.903. The number of rotatable bonds is 3. The van der Waals surface area contributed by atoms with Crippen molar-refractivity contribution in [1.82, 2.24) is 0 Å². The Morgan fingerprint density at radius 3 is 2.60 bits per heavy atom. The molecule has 6 nitrogen and oxygen atoms in total. The van der Waals surface area contributed by atoms with Crippen LogP contribution in [0.3, 0.4) is 0 Å². The Labute approximate surface area is 118 Å². The first-order chi connectivity index (χ1) is 9.31. The van der Waals surface area contributed by atoms with Crippen LogP contribution >= 0.6 is 0 Å². The summed E-state index contributed by atoms with van der Waals surface area (Å²) >= 11 is 0. The molecule has 1 heterocycles. The van der Waals surface area contributed by atoms with Crippen molar-refractivity contribution in [3.8, 4) is 0 Å². The van der Waals surface area contributed by atoms with E-state index in [1.807, 2.05) is 0 Å². The quantitative estimate of drug-likeness (QED) is 0.848. The molecular formula is C13H18N2O4S. The Morgan fingerprint density at radius 2 is 2.00 bits per heavy atom. The number of hydrogen-bond donors (Lipinski definition) is 2. The van der Waals surface area contributed by atoms with Crippen LogP contribution in [-0.2, 0) is 19.4 Å². The zero-order valence-electron chi connectivity index (χ0n) is 11.3. The molecular weight excluding hydrogens is 280 g/mol. The molecule has 1 aromatic carbocycles. The van der Waals surface area contributed by atoms with Crippen LogP contribution < -0.4 is 11.1 Å². The van der Waals surface area contributed by atoms with Crippen molar-refractivity contribution in [3.05, 3.63) is 24.3 Å². The second-order valence-electron chi connectivity index (χ2n) is 5.02. The lowest BCUT2D eigenvalue weighted by molar-refractivity contribution is -0.124. The van der Waals surface area contributed by atoms with Gasteiger partial charge in [-0.25, -0.2) is 8.42 Å². The lowest BCUT2D eigenvalue weighted by Gasteiger charge is -2.31. The Hall–Kier alpha value is -1.44. The highest BCUT2D eigenvalue weighted by Gasteiger charge is 2.35. The number of hydrogen-bond acceptors (Lipinski definition) is 5. The molecule has 20 heavy (non-hydrogen) atoms. The summed E-state index contributed by atoms with van der Waals surface area (Å²) in [5.41, 5.74) is 5.53. The number of nitrogens with two attached hydrogens (primary N) is 1. The van der Waals surface area contributed by atoms with Gasteiger partial charge >= 0.3 is 0 Å². The predicted octanol–water partition coefficient (Wildman–Crippen LogP) is 0.536. The van der Waals surface area contributed by atoms with Crippen molar-refractivity contribution >= 4 is 21.4 Å². The van der Waals surface area contributed by atoms with E-state index < -0.39 is 15.4 Å². The molecule has 0 spiro atoms. The molecule has 1 amide bonds. The molecule has 1 aromatic rings. The Bertz CT molecular complexity index is 607. The van der Waals surface area contributed by atoms with Gasteiger partial charge in [0.25, 0.3) is 0 Å². The van der Waals surface area contributed by atoms with E-state index in [0.29, 0.717) is 31.7 Å². The van der Waals surface area contributed by atoms with E-state index in [4.69, 9.17) is 10.5 Å². The Kier molecular flexibility index (Phi) is 4.12. The topological polar surface area (TPSA) is 98.5 Å². The molecule has 0 aromatic heterocycles. The van der Waals surface area contributed by atoms with Crippen LogP contribution in [0.25, 0.3) is 0 Å². The Balaban J connectivity index is 2.16. The minimum Gasteiger partial charge on any atom is -0.381 e. The monoisotopic (exact) mass is 298 g/mol. The molecule has 1 fully saturated rings. The smallest absolute Gasteiger partial charge is 0.244 e. The van der Waals surface area contributed by atoms with Crippen molar-refractivity contribution in [1.29, 1.82) is 0 Å². The van der Waals surface area contributed by atoms with E-state index in [2.05, 4.69) is 5.32 Å². The van der Waals surface area contributed by atoms with Gasteiger partial charge in [-0.05, 0) is 31.0 Å². The van der Waals surface area contributed by atoms with Crippen molar-refractivity contribution in [2.24, 2.45) is 5.73 Å². The molecule has 0 unspecified atom stereocenters. The van der Waals surface area contributed by atoms with Gasteiger partial charge in [0.2, 0.25) is 5.91 Å². The van der Waals surface area contributed by atoms with Gasteiger partial charge in [-0.1, -0.05) is 6.07 Å². The summed E-state index contributed by atoms with van der Waals surface area (Å²) in [6, 6.07) is 6.13. The summed E-state index contributed by atoms with van der Waals surface area (Å²) < 4.78 is 28.2. The third-order valence-electron chi connectivity index (χ3n) is 3.36. The van der Waals surface area contributed by atoms with Crippen LogP contribution in [0, 0.1) is 0 Å². The first kappa shape index (κ1) is 15.0. The highest BCUT2D eigenvalue weighted by atomic mass is 32.2.